The topological polar surface area (TPSA) is 67.4 Å². The molecule has 1 amide bonds. The Morgan fingerprint density at radius 1 is 1.30 bits per heavy atom. The zero-order chi connectivity index (χ0) is 16.7. The van der Waals surface area contributed by atoms with E-state index in [2.05, 4.69) is 33.7 Å². The molecule has 1 aliphatic heterocycles. The van der Waals surface area contributed by atoms with Crippen LogP contribution >= 0.6 is 11.5 Å². The van der Waals surface area contributed by atoms with Crippen molar-refractivity contribution in [2.45, 2.75) is 46.1 Å². The van der Waals surface area contributed by atoms with E-state index in [-0.39, 0.29) is 5.91 Å². The number of carbonyl (C=O) groups excluding carboxylic acids is 1. The molecular weight excluding hydrogens is 312 g/mol. The molecule has 130 valence electrons. The summed E-state index contributed by atoms with van der Waals surface area (Å²) < 4.78 is 9.37. The molecule has 1 saturated heterocycles. The lowest BCUT2D eigenvalue weighted by Gasteiger charge is -2.38. The fourth-order valence-corrected chi connectivity index (χ4v) is 3.89. The molecule has 1 fully saturated rings. The molecule has 1 aliphatic rings. The van der Waals surface area contributed by atoms with Crippen LogP contribution in [0.4, 0.5) is 0 Å². The summed E-state index contributed by atoms with van der Waals surface area (Å²) in [5.41, 5.74) is 0.790. The molecule has 0 aromatic carbocycles. The number of morpholine rings is 1. The second-order valence-corrected chi connectivity index (χ2v) is 6.66. The van der Waals surface area contributed by atoms with Gasteiger partial charge in [-0.2, -0.15) is 0 Å². The number of amides is 1. The van der Waals surface area contributed by atoms with E-state index < -0.39 is 0 Å². The van der Waals surface area contributed by atoms with Gasteiger partial charge in [-0.3, -0.25) is 9.69 Å². The molecule has 23 heavy (non-hydrogen) atoms. The van der Waals surface area contributed by atoms with E-state index in [9.17, 15) is 4.79 Å². The van der Waals surface area contributed by atoms with Crippen LogP contribution in [0, 0.1) is 5.92 Å². The van der Waals surface area contributed by atoms with Gasteiger partial charge in [-0.05, 0) is 23.9 Å². The van der Waals surface area contributed by atoms with E-state index >= 15 is 0 Å². The Bertz CT molecular complexity index is 484. The van der Waals surface area contributed by atoms with Gasteiger partial charge in [0.15, 0.2) is 0 Å². The van der Waals surface area contributed by atoms with E-state index in [1.54, 1.807) is 0 Å². The van der Waals surface area contributed by atoms with Gasteiger partial charge in [-0.1, -0.05) is 38.1 Å². The smallest absolute Gasteiger partial charge is 0.265 e. The zero-order valence-electron chi connectivity index (χ0n) is 14.4. The number of rotatable bonds is 8. The van der Waals surface area contributed by atoms with Gasteiger partial charge >= 0.3 is 0 Å². The van der Waals surface area contributed by atoms with Crippen LogP contribution in [-0.2, 0) is 11.2 Å². The van der Waals surface area contributed by atoms with Crippen molar-refractivity contribution in [2.24, 2.45) is 5.92 Å². The molecule has 0 radical (unpaired) electrons. The fraction of sp³-hybridized carbons (Fsp3) is 0.812. The fourth-order valence-electron chi connectivity index (χ4n) is 3.23. The number of nitrogens with zero attached hydrogens (tertiary/aromatic N) is 3. The van der Waals surface area contributed by atoms with Crippen LogP contribution in [0.5, 0.6) is 0 Å². The Balaban J connectivity index is 2.00. The van der Waals surface area contributed by atoms with Crippen molar-refractivity contribution in [1.29, 1.82) is 0 Å². The first kappa shape index (κ1) is 18.3. The quantitative estimate of drug-likeness (QED) is 0.784. The van der Waals surface area contributed by atoms with Gasteiger partial charge in [0.1, 0.15) is 4.88 Å². The molecule has 0 spiro atoms. The summed E-state index contributed by atoms with van der Waals surface area (Å²) in [7, 11) is 0. The highest BCUT2D eigenvalue weighted by Crippen LogP contribution is 2.20. The van der Waals surface area contributed by atoms with Crippen LogP contribution in [0.3, 0.4) is 0 Å². The van der Waals surface area contributed by atoms with Crippen LogP contribution < -0.4 is 5.32 Å². The van der Waals surface area contributed by atoms with E-state index in [1.807, 2.05) is 6.92 Å². The van der Waals surface area contributed by atoms with Crippen LogP contribution in [0.1, 0.15) is 49.0 Å². The first-order valence-electron chi connectivity index (χ1n) is 8.62. The highest BCUT2D eigenvalue weighted by atomic mass is 32.1. The number of aryl methyl sites for hydroxylation is 1. The molecule has 6 nitrogen and oxygen atoms in total. The first-order valence-corrected chi connectivity index (χ1v) is 9.39. The van der Waals surface area contributed by atoms with Crippen molar-refractivity contribution < 1.29 is 9.53 Å². The lowest BCUT2D eigenvalue weighted by atomic mass is 9.92. The third-order valence-electron chi connectivity index (χ3n) is 4.68. The van der Waals surface area contributed by atoms with Gasteiger partial charge in [0.25, 0.3) is 5.91 Å². The van der Waals surface area contributed by atoms with E-state index in [0.29, 0.717) is 23.4 Å². The Kier molecular flexibility index (Phi) is 7.39. The Hall–Kier alpha value is -1.05. The maximum atomic E-state index is 12.4. The van der Waals surface area contributed by atoms with Gasteiger partial charge in [-0.15, -0.1) is 5.10 Å². The SMILES string of the molecule is CCc1nnsc1C(=O)NC[C@@H](C(CC)CC)N1CCOCC1. The maximum Gasteiger partial charge on any atom is 0.265 e. The number of hydrogen-bond donors (Lipinski definition) is 1. The molecule has 2 rings (SSSR count). The molecule has 0 bridgehead atoms. The van der Waals surface area contributed by atoms with Crippen molar-refractivity contribution in [2.75, 3.05) is 32.8 Å². The van der Waals surface area contributed by atoms with Gasteiger partial charge in [0.05, 0.1) is 18.9 Å². The number of aromatic nitrogens is 2. The summed E-state index contributed by atoms with van der Waals surface area (Å²) in [5, 5.41) is 7.14. The van der Waals surface area contributed by atoms with Gasteiger partial charge in [0.2, 0.25) is 0 Å². The maximum absolute atomic E-state index is 12.4. The second-order valence-electron chi connectivity index (χ2n) is 5.90. The largest absolute Gasteiger partial charge is 0.379 e. The van der Waals surface area contributed by atoms with Crippen molar-refractivity contribution >= 4 is 17.4 Å². The van der Waals surface area contributed by atoms with Crippen LogP contribution in [0.2, 0.25) is 0 Å². The van der Waals surface area contributed by atoms with E-state index in [4.69, 9.17) is 4.74 Å². The molecule has 1 aromatic heterocycles. The molecule has 1 aromatic rings. The Morgan fingerprint density at radius 2 is 2.00 bits per heavy atom. The van der Waals surface area contributed by atoms with E-state index in [1.165, 1.54) is 11.5 Å². The van der Waals surface area contributed by atoms with Crippen molar-refractivity contribution in [3.8, 4) is 0 Å². The minimum absolute atomic E-state index is 0.0407. The summed E-state index contributed by atoms with van der Waals surface area (Å²) in [6, 6.07) is 0.365. The molecular formula is C16H28N4O2S. The van der Waals surface area contributed by atoms with Crippen LogP contribution in [0.15, 0.2) is 0 Å². The van der Waals surface area contributed by atoms with E-state index in [0.717, 1.165) is 51.3 Å². The minimum Gasteiger partial charge on any atom is -0.379 e. The number of nitrogens with one attached hydrogen (secondary N) is 1. The van der Waals surface area contributed by atoms with Crippen molar-refractivity contribution in [1.82, 2.24) is 19.8 Å². The zero-order valence-corrected chi connectivity index (χ0v) is 15.2. The normalized spacial score (nSPS) is 17.4. The third kappa shape index (κ3) is 4.71. The summed E-state index contributed by atoms with van der Waals surface area (Å²) in [6.07, 6.45) is 2.98. The number of carbonyl (C=O) groups is 1. The molecule has 0 aliphatic carbocycles. The lowest BCUT2D eigenvalue weighted by Crippen LogP contribution is -2.52. The summed E-state index contributed by atoms with van der Waals surface area (Å²) >= 11 is 1.18. The van der Waals surface area contributed by atoms with Crippen molar-refractivity contribution in [3.05, 3.63) is 10.6 Å². The van der Waals surface area contributed by atoms with Gasteiger partial charge in [0, 0.05) is 25.7 Å². The molecule has 0 unspecified atom stereocenters. The second kappa shape index (κ2) is 9.30. The average molecular weight is 340 g/mol. The predicted octanol–water partition coefficient (Wildman–Crippen LogP) is 1.97. The highest BCUT2D eigenvalue weighted by Gasteiger charge is 2.27. The van der Waals surface area contributed by atoms with Gasteiger partial charge < -0.3 is 10.1 Å². The van der Waals surface area contributed by atoms with Gasteiger partial charge in [-0.25, -0.2) is 0 Å². The summed E-state index contributed by atoms with van der Waals surface area (Å²) in [6.45, 7) is 10.6. The molecule has 1 atom stereocenters. The summed E-state index contributed by atoms with van der Waals surface area (Å²) in [4.78, 5) is 15.6. The molecule has 0 saturated carbocycles. The first-order chi connectivity index (χ1) is 11.2. The molecule has 2 heterocycles. The Morgan fingerprint density at radius 3 is 2.61 bits per heavy atom. The molecule has 1 N–H and O–H groups in total. The minimum atomic E-state index is -0.0407. The molecule has 7 heteroatoms. The lowest BCUT2D eigenvalue weighted by molar-refractivity contribution is 0.00192. The summed E-state index contributed by atoms with van der Waals surface area (Å²) in [5.74, 6) is 0.541. The van der Waals surface area contributed by atoms with Crippen LogP contribution in [-0.4, -0.2) is 59.3 Å². The standard InChI is InChI=1S/C16H28N4O2S/c1-4-12(5-2)14(20-7-9-22-10-8-20)11-17-16(21)15-13(6-3)18-19-23-15/h12,14H,4-11H2,1-3H3,(H,17,21)/t14-/m0/s1. The van der Waals surface area contributed by atoms with Crippen LogP contribution in [0.25, 0.3) is 0 Å². The predicted molar refractivity (Wildman–Crippen MR) is 91.9 cm³/mol. The van der Waals surface area contributed by atoms with Crippen molar-refractivity contribution in [3.63, 3.8) is 0 Å². The Labute approximate surface area is 142 Å². The highest BCUT2D eigenvalue weighted by molar-refractivity contribution is 7.08. The number of ether oxygens (including phenoxy) is 1. The average Bonchev–Trinajstić information content (AvgIpc) is 3.08. The number of hydrogen-bond acceptors (Lipinski definition) is 6. The monoisotopic (exact) mass is 340 g/mol. The third-order valence-corrected chi connectivity index (χ3v) is 5.44.